The van der Waals surface area contributed by atoms with Gasteiger partial charge in [0.2, 0.25) is 5.91 Å². The molecule has 0 saturated carbocycles. The molecule has 2 aliphatic rings. The summed E-state index contributed by atoms with van der Waals surface area (Å²) in [5, 5.41) is 12.3. The number of morpholine rings is 1. The third-order valence-electron chi connectivity index (χ3n) is 9.41. The largest absolute Gasteiger partial charge is 0.453 e. The number of rotatable bonds is 12. The number of methoxy groups -OCH3 is 1. The van der Waals surface area contributed by atoms with Gasteiger partial charge < -0.3 is 35.5 Å². The highest BCUT2D eigenvalue weighted by atomic mass is 16.6. The fourth-order valence-electron chi connectivity index (χ4n) is 6.80. The van der Waals surface area contributed by atoms with Gasteiger partial charge in [-0.25, -0.2) is 9.59 Å². The Morgan fingerprint density at radius 3 is 2.24 bits per heavy atom. The van der Waals surface area contributed by atoms with Crippen LogP contribution in [-0.4, -0.2) is 63.1 Å². The van der Waals surface area contributed by atoms with E-state index in [1.807, 2.05) is 97.1 Å². The third-order valence-corrected chi connectivity index (χ3v) is 9.41. The van der Waals surface area contributed by atoms with Crippen LogP contribution in [0.1, 0.15) is 52.6 Å². The lowest BCUT2D eigenvalue weighted by molar-refractivity contribution is -0.118. The quantitative estimate of drug-likeness (QED) is 0.148. The minimum atomic E-state index is -0.957. The molecule has 6 rings (SSSR count). The van der Waals surface area contributed by atoms with Gasteiger partial charge in [0.25, 0.3) is 0 Å². The van der Waals surface area contributed by atoms with Crippen molar-refractivity contribution in [1.82, 2.24) is 16.0 Å². The van der Waals surface area contributed by atoms with Crippen molar-refractivity contribution < 1.29 is 28.6 Å². The van der Waals surface area contributed by atoms with Crippen molar-refractivity contribution in [2.45, 2.75) is 55.8 Å². The molecular formula is C40H44N4O6. The monoisotopic (exact) mass is 676 g/mol. The van der Waals surface area contributed by atoms with Crippen molar-refractivity contribution >= 4 is 23.8 Å². The van der Waals surface area contributed by atoms with E-state index in [1.165, 1.54) is 12.7 Å². The Labute approximate surface area is 292 Å². The lowest BCUT2D eigenvalue weighted by atomic mass is 9.84. The Bertz CT molecular complexity index is 1690. The highest BCUT2D eigenvalue weighted by Crippen LogP contribution is 2.31. The predicted octanol–water partition coefficient (Wildman–Crippen LogP) is 5.89. The van der Waals surface area contributed by atoms with Gasteiger partial charge >= 0.3 is 12.2 Å². The first kappa shape index (κ1) is 34.7. The van der Waals surface area contributed by atoms with Crippen LogP contribution in [-0.2, 0) is 31.8 Å². The molecule has 260 valence electrons. The highest BCUT2D eigenvalue weighted by molar-refractivity contribution is 5.98. The number of nitrogens with one attached hydrogen (secondary N) is 4. The van der Waals surface area contributed by atoms with Gasteiger partial charge in [0.05, 0.1) is 31.9 Å². The number of alkyl carbamates (subject to hydrolysis) is 2. The minimum Gasteiger partial charge on any atom is -0.453 e. The Kier molecular flexibility index (Phi) is 11.8. The van der Waals surface area contributed by atoms with E-state index in [2.05, 4.69) is 33.4 Å². The normalized spacial score (nSPS) is 18.8. The molecule has 4 atom stereocenters. The topological polar surface area (TPSA) is 127 Å². The summed E-state index contributed by atoms with van der Waals surface area (Å²) in [5.41, 5.74) is 5.82. The maximum Gasteiger partial charge on any atom is 0.407 e. The Balaban J connectivity index is 1.03. The second-order valence-electron chi connectivity index (χ2n) is 12.7. The van der Waals surface area contributed by atoms with Gasteiger partial charge in [-0.1, -0.05) is 103 Å². The molecule has 4 aromatic rings. The first-order valence-corrected chi connectivity index (χ1v) is 17.2. The van der Waals surface area contributed by atoms with Crippen molar-refractivity contribution in [2.24, 2.45) is 0 Å². The Morgan fingerprint density at radius 2 is 1.54 bits per heavy atom. The van der Waals surface area contributed by atoms with Crippen molar-refractivity contribution in [3.05, 3.63) is 137 Å². The van der Waals surface area contributed by atoms with Crippen LogP contribution in [0, 0.1) is 0 Å². The molecule has 0 spiro atoms. The molecule has 1 aliphatic carbocycles. The fourth-order valence-corrected chi connectivity index (χ4v) is 6.80. The summed E-state index contributed by atoms with van der Waals surface area (Å²) in [6.45, 7) is 1.25. The molecule has 1 aliphatic heterocycles. The van der Waals surface area contributed by atoms with Crippen LogP contribution in [0.5, 0.6) is 0 Å². The van der Waals surface area contributed by atoms with Gasteiger partial charge in [0.1, 0.15) is 12.6 Å². The molecular weight excluding hydrogens is 632 g/mol. The maximum atomic E-state index is 14.1. The molecule has 10 heteroatoms. The fraction of sp³-hybridized carbons (Fsp3) is 0.325. The Morgan fingerprint density at radius 1 is 0.860 bits per heavy atom. The lowest BCUT2D eigenvalue weighted by Gasteiger charge is -2.30. The van der Waals surface area contributed by atoms with E-state index < -0.39 is 24.1 Å². The van der Waals surface area contributed by atoms with Gasteiger partial charge in [-0.05, 0) is 59.6 Å². The second kappa shape index (κ2) is 17.0. The lowest BCUT2D eigenvalue weighted by Crippen LogP contribution is -2.49. The van der Waals surface area contributed by atoms with E-state index in [-0.39, 0.29) is 30.7 Å². The van der Waals surface area contributed by atoms with Gasteiger partial charge in [-0.3, -0.25) is 4.79 Å². The van der Waals surface area contributed by atoms with E-state index in [4.69, 9.17) is 14.2 Å². The average molecular weight is 677 g/mol. The zero-order chi connectivity index (χ0) is 34.7. The van der Waals surface area contributed by atoms with Crippen molar-refractivity contribution in [2.75, 3.05) is 32.2 Å². The Hall–Kier alpha value is -5.19. The van der Waals surface area contributed by atoms with Gasteiger partial charge in [0, 0.05) is 18.2 Å². The number of carbonyl (C=O) groups is 3. The van der Waals surface area contributed by atoms with Gasteiger partial charge in [-0.15, -0.1) is 0 Å². The van der Waals surface area contributed by atoms with Gasteiger partial charge in [-0.2, -0.15) is 0 Å². The standard InChI is InChI=1S/C40H44N4O6/c1-48-39(46)44-37(36(29-14-4-2-5-15-29)30-16-6-3-7-17-30)38(45)42-34-19-11-9-13-28(34)20-22-32-24-41-31(25-49-32)26-50-40(47)43-35-23-21-27-12-8-10-18-33(27)35/h2-19,31-32,35-37,41H,20-26H2,1H3,(H,42,45)(H,43,47)(H,44,46)/t31-,32+,35?,37-/m0/s1. The second-order valence-corrected chi connectivity index (χ2v) is 12.7. The number of hydrogen-bond acceptors (Lipinski definition) is 7. The number of anilines is 1. The summed E-state index contributed by atoms with van der Waals surface area (Å²) in [4.78, 5) is 39.1. The number of hydrogen-bond donors (Lipinski definition) is 4. The van der Waals surface area contributed by atoms with Crippen LogP contribution in [0.25, 0.3) is 0 Å². The molecule has 3 amide bonds. The number of ether oxygens (including phenoxy) is 3. The zero-order valence-corrected chi connectivity index (χ0v) is 28.2. The zero-order valence-electron chi connectivity index (χ0n) is 28.2. The summed E-state index contributed by atoms with van der Waals surface area (Å²) in [5.74, 6) is -0.826. The van der Waals surface area contributed by atoms with Crippen LogP contribution in [0.3, 0.4) is 0 Å². The number of fused-ring (bicyclic) bond motifs is 1. The number of benzene rings is 4. The number of amides is 3. The van der Waals surface area contributed by atoms with Crippen LogP contribution >= 0.6 is 0 Å². The number of para-hydroxylation sites is 1. The molecule has 1 unspecified atom stereocenters. The average Bonchev–Trinajstić information content (AvgIpc) is 3.57. The van der Waals surface area contributed by atoms with Crippen LogP contribution in [0.2, 0.25) is 0 Å². The van der Waals surface area contributed by atoms with Crippen molar-refractivity contribution in [3.63, 3.8) is 0 Å². The molecule has 0 radical (unpaired) electrons. The molecule has 4 aromatic carbocycles. The summed E-state index contributed by atoms with van der Waals surface area (Å²) in [6.07, 6.45) is 2.04. The third kappa shape index (κ3) is 8.88. The van der Waals surface area contributed by atoms with Crippen molar-refractivity contribution in [1.29, 1.82) is 0 Å². The smallest absolute Gasteiger partial charge is 0.407 e. The van der Waals surface area contributed by atoms with E-state index >= 15 is 0 Å². The highest BCUT2D eigenvalue weighted by Gasteiger charge is 2.33. The van der Waals surface area contributed by atoms with E-state index in [9.17, 15) is 14.4 Å². The number of carbonyl (C=O) groups excluding carboxylic acids is 3. The summed E-state index contributed by atoms with van der Waals surface area (Å²) >= 11 is 0. The molecule has 10 nitrogen and oxygen atoms in total. The van der Waals surface area contributed by atoms with E-state index in [0.717, 1.165) is 41.5 Å². The SMILES string of the molecule is COC(=O)N[C@H](C(=O)Nc1ccccc1CC[C@@H]1CN[C@H](COC(=O)NC2CCc3ccccc32)CO1)C(c1ccccc1)c1ccccc1. The summed E-state index contributed by atoms with van der Waals surface area (Å²) in [6, 6.07) is 34.1. The van der Waals surface area contributed by atoms with Crippen LogP contribution in [0.4, 0.5) is 15.3 Å². The summed E-state index contributed by atoms with van der Waals surface area (Å²) in [7, 11) is 1.28. The molecule has 4 N–H and O–H groups in total. The summed E-state index contributed by atoms with van der Waals surface area (Å²) < 4.78 is 16.6. The first-order valence-electron chi connectivity index (χ1n) is 17.2. The first-order chi connectivity index (χ1) is 24.5. The van der Waals surface area contributed by atoms with Gasteiger partial charge in [0.15, 0.2) is 0 Å². The minimum absolute atomic E-state index is 0.0181. The molecule has 1 saturated heterocycles. The van der Waals surface area contributed by atoms with Crippen molar-refractivity contribution in [3.8, 4) is 0 Å². The molecule has 0 bridgehead atoms. The molecule has 50 heavy (non-hydrogen) atoms. The van der Waals surface area contributed by atoms with E-state index in [1.54, 1.807) is 0 Å². The van der Waals surface area contributed by atoms with Crippen LogP contribution < -0.4 is 21.3 Å². The predicted molar refractivity (Wildman–Crippen MR) is 191 cm³/mol. The molecule has 0 aromatic heterocycles. The van der Waals surface area contributed by atoms with Crippen LogP contribution in [0.15, 0.2) is 109 Å². The molecule has 1 heterocycles. The number of aryl methyl sites for hydroxylation is 2. The molecule has 1 fully saturated rings. The van der Waals surface area contributed by atoms with E-state index in [0.29, 0.717) is 25.3 Å². The maximum absolute atomic E-state index is 14.1.